The maximum atomic E-state index is 11.8. The first-order valence-corrected chi connectivity index (χ1v) is 7.00. The third-order valence-corrected chi connectivity index (χ3v) is 3.44. The molecule has 0 aliphatic carbocycles. The quantitative estimate of drug-likeness (QED) is 0.941. The van der Waals surface area contributed by atoms with Crippen LogP contribution in [0.15, 0.2) is 48.5 Å². The van der Waals surface area contributed by atoms with Gasteiger partial charge in [-0.05, 0) is 35.2 Å². The Morgan fingerprint density at radius 1 is 1.14 bits per heavy atom. The van der Waals surface area contributed by atoms with Crippen LogP contribution in [0.4, 0.5) is 4.79 Å². The zero-order chi connectivity index (χ0) is 14.5. The van der Waals surface area contributed by atoms with Crippen molar-refractivity contribution >= 4 is 6.09 Å². The molecular weight excluding hydrogens is 266 g/mol. The Labute approximate surface area is 123 Å². The lowest BCUT2D eigenvalue weighted by Gasteiger charge is -2.17. The molecule has 0 radical (unpaired) electrons. The molecule has 1 aliphatic rings. The first-order valence-electron chi connectivity index (χ1n) is 7.00. The molecule has 0 fully saturated rings. The molecule has 0 bridgehead atoms. The number of hydrogen-bond acceptors (Lipinski definition) is 3. The second-order valence-corrected chi connectivity index (χ2v) is 4.96. The van der Waals surface area contributed by atoms with E-state index in [-0.39, 0.29) is 0 Å². The molecule has 21 heavy (non-hydrogen) atoms. The van der Waals surface area contributed by atoms with Crippen LogP contribution in [-0.2, 0) is 24.3 Å². The van der Waals surface area contributed by atoms with Gasteiger partial charge in [-0.25, -0.2) is 4.79 Å². The van der Waals surface area contributed by atoms with E-state index in [4.69, 9.17) is 9.47 Å². The average Bonchev–Trinajstić information content (AvgIpc) is 2.54. The predicted molar refractivity (Wildman–Crippen MR) is 79.1 cm³/mol. The molecule has 0 aromatic heterocycles. The molecule has 0 unspecified atom stereocenters. The predicted octanol–water partition coefficient (Wildman–Crippen LogP) is 3.05. The van der Waals surface area contributed by atoms with Crippen molar-refractivity contribution in [2.24, 2.45) is 0 Å². The number of carbonyl (C=O) groups is 1. The fourth-order valence-corrected chi connectivity index (χ4v) is 2.32. The molecule has 1 aliphatic heterocycles. The highest BCUT2D eigenvalue weighted by atomic mass is 16.6. The average molecular weight is 283 g/mol. The summed E-state index contributed by atoms with van der Waals surface area (Å²) >= 11 is 0. The summed E-state index contributed by atoms with van der Waals surface area (Å²) in [5.41, 5.74) is 3.39. The largest absolute Gasteiger partial charge is 0.412 e. The van der Waals surface area contributed by atoms with E-state index < -0.39 is 6.09 Å². The Kier molecular flexibility index (Phi) is 4.17. The van der Waals surface area contributed by atoms with Crippen LogP contribution in [-0.4, -0.2) is 12.7 Å². The molecule has 1 heterocycles. The third-order valence-electron chi connectivity index (χ3n) is 3.44. The minimum atomic E-state index is -0.449. The van der Waals surface area contributed by atoms with Gasteiger partial charge in [0, 0.05) is 6.54 Å². The molecule has 108 valence electrons. The van der Waals surface area contributed by atoms with Crippen molar-refractivity contribution in [3.63, 3.8) is 0 Å². The highest BCUT2D eigenvalue weighted by molar-refractivity contribution is 5.70. The van der Waals surface area contributed by atoms with Gasteiger partial charge < -0.3 is 14.8 Å². The number of benzene rings is 2. The summed E-state index contributed by atoms with van der Waals surface area (Å²) in [6.45, 7) is 1.79. The van der Waals surface area contributed by atoms with Crippen LogP contribution in [0.3, 0.4) is 0 Å². The van der Waals surface area contributed by atoms with Gasteiger partial charge in [-0.15, -0.1) is 0 Å². The summed E-state index contributed by atoms with van der Waals surface area (Å²) in [7, 11) is 0. The monoisotopic (exact) mass is 283 g/mol. The number of rotatable bonds is 3. The molecule has 0 spiro atoms. The second-order valence-electron chi connectivity index (χ2n) is 4.96. The summed E-state index contributed by atoms with van der Waals surface area (Å²) in [5.74, 6) is 0.546. The maximum Gasteiger partial charge on any atom is 0.412 e. The Balaban J connectivity index is 1.57. The van der Waals surface area contributed by atoms with Crippen LogP contribution in [0.25, 0.3) is 0 Å². The number of amides is 1. The van der Waals surface area contributed by atoms with E-state index in [1.54, 1.807) is 0 Å². The van der Waals surface area contributed by atoms with Gasteiger partial charge in [-0.2, -0.15) is 0 Å². The van der Waals surface area contributed by atoms with E-state index in [0.29, 0.717) is 18.9 Å². The molecule has 1 amide bonds. The maximum absolute atomic E-state index is 11.8. The van der Waals surface area contributed by atoms with Crippen LogP contribution in [0.2, 0.25) is 0 Å². The van der Waals surface area contributed by atoms with Crippen LogP contribution in [0.5, 0.6) is 5.75 Å². The van der Waals surface area contributed by atoms with E-state index in [2.05, 4.69) is 5.32 Å². The van der Waals surface area contributed by atoms with Crippen LogP contribution < -0.4 is 10.1 Å². The van der Waals surface area contributed by atoms with E-state index in [0.717, 1.165) is 24.2 Å². The number of fused-ring (bicyclic) bond motifs is 1. The molecular formula is C17H17NO3. The van der Waals surface area contributed by atoms with Gasteiger partial charge in [0.15, 0.2) is 0 Å². The summed E-state index contributed by atoms with van der Waals surface area (Å²) in [6, 6.07) is 15.4. The standard InChI is InChI=1S/C17H17NO3/c19-17(18-11-13-4-2-1-3-5-13)21-16-7-6-14-8-9-20-12-15(14)10-16/h1-7,10H,8-9,11-12H2,(H,18,19). The van der Waals surface area contributed by atoms with Crippen molar-refractivity contribution in [1.82, 2.24) is 5.32 Å². The smallest absolute Gasteiger partial charge is 0.410 e. The summed E-state index contributed by atoms with van der Waals surface area (Å²) < 4.78 is 10.7. The van der Waals surface area contributed by atoms with E-state index in [1.165, 1.54) is 5.56 Å². The fraction of sp³-hybridized carbons (Fsp3) is 0.235. The van der Waals surface area contributed by atoms with E-state index in [1.807, 2.05) is 48.5 Å². The number of nitrogens with one attached hydrogen (secondary N) is 1. The minimum Gasteiger partial charge on any atom is -0.410 e. The zero-order valence-electron chi connectivity index (χ0n) is 11.7. The van der Waals surface area contributed by atoms with Crippen LogP contribution in [0, 0.1) is 0 Å². The van der Waals surface area contributed by atoms with Crippen molar-refractivity contribution in [2.75, 3.05) is 6.61 Å². The fourth-order valence-electron chi connectivity index (χ4n) is 2.32. The Hall–Kier alpha value is -2.33. The van der Waals surface area contributed by atoms with Crippen molar-refractivity contribution < 1.29 is 14.3 Å². The highest BCUT2D eigenvalue weighted by Gasteiger charge is 2.11. The SMILES string of the molecule is O=C(NCc1ccccc1)Oc1ccc2c(c1)COCC2. The van der Waals surface area contributed by atoms with Crippen molar-refractivity contribution in [2.45, 2.75) is 19.6 Å². The topological polar surface area (TPSA) is 47.6 Å². The Morgan fingerprint density at radius 2 is 2.00 bits per heavy atom. The first-order chi connectivity index (χ1) is 10.3. The van der Waals surface area contributed by atoms with Gasteiger partial charge in [0.05, 0.1) is 13.2 Å². The van der Waals surface area contributed by atoms with E-state index in [9.17, 15) is 4.79 Å². The lowest BCUT2D eigenvalue weighted by atomic mass is 10.0. The molecule has 4 nitrogen and oxygen atoms in total. The van der Waals surface area contributed by atoms with Crippen molar-refractivity contribution in [1.29, 1.82) is 0 Å². The molecule has 0 saturated heterocycles. The lowest BCUT2D eigenvalue weighted by Crippen LogP contribution is -2.26. The van der Waals surface area contributed by atoms with Crippen LogP contribution >= 0.6 is 0 Å². The number of carbonyl (C=O) groups excluding carboxylic acids is 1. The lowest BCUT2D eigenvalue weighted by molar-refractivity contribution is 0.110. The molecule has 0 saturated carbocycles. The molecule has 3 rings (SSSR count). The second kappa shape index (κ2) is 6.41. The molecule has 4 heteroatoms. The molecule has 0 atom stereocenters. The van der Waals surface area contributed by atoms with Gasteiger partial charge in [-0.1, -0.05) is 36.4 Å². The normalized spacial score (nSPS) is 13.3. The highest BCUT2D eigenvalue weighted by Crippen LogP contribution is 2.22. The zero-order valence-corrected chi connectivity index (χ0v) is 11.7. The Bertz CT molecular complexity index is 625. The number of hydrogen-bond donors (Lipinski definition) is 1. The van der Waals surface area contributed by atoms with Crippen molar-refractivity contribution in [3.05, 3.63) is 65.2 Å². The first kappa shape index (κ1) is 13.6. The van der Waals surface area contributed by atoms with Crippen LogP contribution in [0.1, 0.15) is 16.7 Å². The molecule has 1 N–H and O–H groups in total. The third kappa shape index (κ3) is 3.61. The number of ether oxygens (including phenoxy) is 2. The summed E-state index contributed by atoms with van der Waals surface area (Å²) in [4.78, 5) is 11.8. The van der Waals surface area contributed by atoms with Gasteiger partial charge in [0.2, 0.25) is 0 Å². The van der Waals surface area contributed by atoms with Crippen molar-refractivity contribution in [3.8, 4) is 5.75 Å². The van der Waals surface area contributed by atoms with Gasteiger partial charge in [0.1, 0.15) is 5.75 Å². The van der Waals surface area contributed by atoms with Gasteiger partial charge in [0.25, 0.3) is 0 Å². The van der Waals surface area contributed by atoms with E-state index >= 15 is 0 Å². The molecule has 2 aromatic rings. The van der Waals surface area contributed by atoms with Gasteiger partial charge >= 0.3 is 6.09 Å². The molecule has 2 aromatic carbocycles. The minimum absolute atomic E-state index is 0.449. The van der Waals surface area contributed by atoms with Gasteiger partial charge in [-0.3, -0.25) is 0 Å². The summed E-state index contributed by atoms with van der Waals surface area (Å²) in [5, 5.41) is 2.74. The summed E-state index contributed by atoms with van der Waals surface area (Å²) in [6.07, 6.45) is 0.464. The Morgan fingerprint density at radius 3 is 2.86 bits per heavy atom.